The summed E-state index contributed by atoms with van der Waals surface area (Å²) in [6.07, 6.45) is 4.53. The molecule has 0 radical (unpaired) electrons. The van der Waals surface area contributed by atoms with Gasteiger partial charge in [-0.2, -0.15) is 0 Å². The van der Waals surface area contributed by atoms with Gasteiger partial charge in [0.2, 0.25) is 0 Å². The van der Waals surface area contributed by atoms with Crippen LogP contribution in [0.3, 0.4) is 0 Å². The van der Waals surface area contributed by atoms with Crippen molar-refractivity contribution in [2.45, 2.75) is 39.5 Å². The summed E-state index contributed by atoms with van der Waals surface area (Å²) in [6, 6.07) is 13.3. The third kappa shape index (κ3) is 2.63. The molecule has 0 saturated carbocycles. The summed E-state index contributed by atoms with van der Waals surface area (Å²) in [5.41, 5.74) is 8.95. The molecule has 0 spiro atoms. The minimum Gasteiger partial charge on any atom is -0.497 e. The minimum absolute atomic E-state index is 0.575. The lowest BCUT2D eigenvalue weighted by Crippen LogP contribution is -2.24. The molecule has 136 valence electrons. The highest BCUT2D eigenvalue weighted by molar-refractivity contribution is 5.98. The topological polar surface area (TPSA) is 18.5 Å². The maximum absolute atomic E-state index is 5.49. The highest BCUT2D eigenvalue weighted by atomic mass is 16.5. The second-order valence-electron chi connectivity index (χ2n) is 7.49. The predicted molar refractivity (Wildman–Crippen MR) is 108 cm³/mol. The number of benzene rings is 2. The third-order valence-corrected chi connectivity index (χ3v) is 6.23. The Bertz CT molecular complexity index is 791. The number of allylic oxidation sites excluding steroid dienone is 2. The van der Waals surface area contributed by atoms with Crippen LogP contribution in [0.5, 0.6) is 11.5 Å². The van der Waals surface area contributed by atoms with Crippen molar-refractivity contribution >= 4 is 11.1 Å². The smallest absolute Gasteiger partial charge is 0.119 e. The maximum atomic E-state index is 5.49. The molecule has 2 aromatic carbocycles. The van der Waals surface area contributed by atoms with E-state index in [1.54, 1.807) is 25.4 Å². The van der Waals surface area contributed by atoms with E-state index in [-0.39, 0.29) is 0 Å². The van der Waals surface area contributed by atoms with Gasteiger partial charge in [0.25, 0.3) is 0 Å². The van der Waals surface area contributed by atoms with Gasteiger partial charge >= 0.3 is 0 Å². The van der Waals surface area contributed by atoms with Crippen LogP contribution in [0.1, 0.15) is 48.9 Å². The summed E-state index contributed by atoms with van der Waals surface area (Å²) >= 11 is 0. The van der Waals surface area contributed by atoms with Crippen LogP contribution in [0.2, 0.25) is 0 Å². The number of ether oxygens (including phenoxy) is 2. The number of methoxy groups -OCH3 is 2. The van der Waals surface area contributed by atoms with E-state index in [1.807, 2.05) is 0 Å². The van der Waals surface area contributed by atoms with Crippen LogP contribution in [-0.2, 0) is 12.8 Å². The molecule has 0 bridgehead atoms. The molecule has 4 rings (SSSR count). The van der Waals surface area contributed by atoms with Gasteiger partial charge in [-0.15, -0.1) is 0 Å². The zero-order valence-electron chi connectivity index (χ0n) is 16.3. The normalized spacial score (nSPS) is 20.9. The Morgan fingerprint density at radius 1 is 0.731 bits per heavy atom. The average Bonchev–Trinajstić information content (AvgIpc) is 2.70. The van der Waals surface area contributed by atoms with Gasteiger partial charge in [-0.05, 0) is 95.2 Å². The lowest BCUT2D eigenvalue weighted by molar-refractivity contribution is 0.413. The Kier molecular flexibility index (Phi) is 4.52. The van der Waals surface area contributed by atoms with Crippen LogP contribution in [0, 0.1) is 11.8 Å². The zero-order chi connectivity index (χ0) is 18.3. The van der Waals surface area contributed by atoms with E-state index in [2.05, 4.69) is 50.2 Å². The molecular formula is C24H28O2. The largest absolute Gasteiger partial charge is 0.497 e. The van der Waals surface area contributed by atoms with E-state index >= 15 is 0 Å². The highest BCUT2D eigenvalue weighted by Crippen LogP contribution is 2.51. The predicted octanol–water partition coefficient (Wildman–Crippen LogP) is 5.78. The summed E-state index contributed by atoms with van der Waals surface area (Å²) in [7, 11) is 3.51. The molecule has 26 heavy (non-hydrogen) atoms. The SMILES string of the molecule is CC[C@H]1Cc2cc(OC)ccc2C2=C1c1ccc(OC)cc1C[C@@H]2CC. The van der Waals surface area contributed by atoms with Gasteiger partial charge in [0.1, 0.15) is 11.5 Å². The molecule has 0 N–H and O–H groups in total. The molecule has 2 aliphatic carbocycles. The quantitative estimate of drug-likeness (QED) is 0.697. The fraction of sp³-hybridized carbons (Fsp3) is 0.417. The standard InChI is InChI=1S/C24H28O2/c1-5-15-11-17-13-19(25-3)8-10-22(17)24-16(6-2)12-18-14-20(26-4)7-9-21(18)23(15)24/h7-10,13-16H,5-6,11-12H2,1-4H3/t15-,16-/m0/s1. The molecule has 0 unspecified atom stereocenters. The zero-order valence-corrected chi connectivity index (χ0v) is 16.3. The average molecular weight is 348 g/mol. The van der Waals surface area contributed by atoms with Gasteiger partial charge < -0.3 is 9.47 Å². The van der Waals surface area contributed by atoms with E-state index < -0.39 is 0 Å². The van der Waals surface area contributed by atoms with Gasteiger partial charge in [0.05, 0.1) is 14.2 Å². The van der Waals surface area contributed by atoms with Crippen molar-refractivity contribution in [1.29, 1.82) is 0 Å². The van der Waals surface area contributed by atoms with Crippen LogP contribution in [0.4, 0.5) is 0 Å². The Balaban J connectivity index is 1.96. The molecule has 2 nitrogen and oxygen atoms in total. The van der Waals surface area contributed by atoms with Gasteiger partial charge in [-0.3, -0.25) is 0 Å². The van der Waals surface area contributed by atoms with E-state index in [1.165, 1.54) is 22.3 Å². The molecule has 0 aliphatic heterocycles. The first-order valence-corrected chi connectivity index (χ1v) is 9.78. The lowest BCUT2D eigenvalue weighted by Gasteiger charge is -2.39. The van der Waals surface area contributed by atoms with E-state index in [0.717, 1.165) is 37.2 Å². The Hall–Kier alpha value is -2.22. The highest BCUT2D eigenvalue weighted by Gasteiger charge is 2.35. The number of rotatable bonds is 4. The summed E-state index contributed by atoms with van der Waals surface area (Å²) in [5, 5.41) is 0. The van der Waals surface area contributed by atoms with Crippen LogP contribution in [0.25, 0.3) is 11.1 Å². The fourth-order valence-corrected chi connectivity index (χ4v) is 4.86. The third-order valence-electron chi connectivity index (χ3n) is 6.23. The first-order chi connectivity index (χ1) is 12.7. The molecular weight excluding hydrogens is 320 g/mol. The Labute approximate surface area is 156 Å². The van der Waals surface area contributed by atoms with Gasteiger partial charge in [-0.1, -0.05) is 26.0 Å². The first-order valence-electron chi connectivity index (χ1n) is 9.78. The van der Waals surface area contributed by atoms with Gasteiger partial charge in [0, 0.05) is 0 Å². The van der Waals surface area contributed by atoms with E-state index in [9.17, 15) is 0 Å². The summed E-state index contributed by atoms with van der Waals surface area (Å²) < 4.78 is 11.0. The summed E-state index contributed by atoms with van der Waals surface area (Å²) in [4.78, 5) is 0. The fourth-order valence-electron chi connectivity index (χ4n) is 4.86. The van der Waals surface area contributed by atoms with Crippen molar-refractivity contribution in [2.75, 3.05) is 14.2 Å². The number of hydrogen-bond donors (Lipinski definition) is 0. The van der Waals surface area contributed by atoms with E-state index in [0.29, 0.717) is 11.8 Å². The molecule has 0 amide bonds. The van der Waals surface area contributed by atoms with Crippen LogP contribution in [-0.4, -0.2) is 14.2 Å². The van der Waals surface area contributed by atoms with Crippen molar-refractivity contribution in [3.05, 3.63) is 58.7 Å². The molecule has 0 aromatic heterocycles. The van der Waals surface area contributed by atoms with Crippen molar-refractivity contribution in [1.82, 2.24) is 0 Å². The molecule has 0 heterocycles. The minimum atomic E-state index is 0.575. The van der Waals surface area contributed by atoms with Gasteiger partial charge in [-0.25, -0.2) is 0 Å². The summed E-state index contributed by atoms with van der Waals surface area (Å²) in [5.74, 6) is 3.09. The van der Waals surface area contributed by atoms with Crippen molar-refractivity contribution in [3.8, 4) is 11.5 Å². The Morgan fingerprint density at radius 3 is 1.50 bits per heavy atom. The van der Waals surface area contributed by atoms with Crippen molar-refractivity contribution < 1.29 is 9.47 Å². The molecule has 2 aromatic rings. The van der Waals surface area contributed by atoms with Crippen molar-refractivity contribution in [3.63, 3.8) is 0 Å². The Morgan fingerprint density at radius 2 is 1.15 bits per heavy atom. The second kappa shape index (κ2) is 6.83. The maximum Gasteiger partial charge on any atom is 0.119 e. The van der Waals surface area contributed by atoms with Gasteiger partial charge in [0.15, 0.2) is 0 Å². The lowest BCUT2D eigenvalue weighted by atomic mass is 9.66. The van der Waals surface area contributed by atoms with E-state index in [4.69, 9.17) is 9.47 Å². The molecule has 0 saturated heterocycles. The number of hydrogen-bond acceptors (Lipinski definition) is 2. The second-order valence-corrected chi connectivity index (χ2v) is 7.49. The van der Waals surface area contributed by atoms with Crippen LogP contribution < -0.4 is 9.47 Å². The van der Waals surface area contributed by atoms with Crippen molar-refractivity contribution in [2.24, 2.45) is 11.8 Å². The number of fused-ring (bicyclic) bond motifs is 4. The molecule has 0 fully saturated rings. The first kappa shape index (κ1) is 17.2. The molecule has 2 atom stereocenters. The monoisotopic (exact) mass is 348 g/mol. The van der Waals surface area contributed by atoms with Crippen LogP contribution >= 0.6 is 0 Å². The van der Waals surface area contributed by atoms with Crippen LogP contribution in [0.15, 0.2) is 36.4 Å². The molecule has 2 aliphatic rings. The summed E-state index contributed by atoms with van der Waals surface area (Å²) in [6.45, 7) is 4.64. The molecule has 2 heteroatoms.